The number of rotatable bonds is 3. The van der Waals surface area contributed by atoms with E-state index in [4.69, 9.17) is 9.63 Å². The predicted octanol–water partition coefficient (Wildman–Crippen LogP) is 2.86. The molecular formula is C11H8F3NO3. The lowest BCUT2D eigenvalue weighted by atomic mass is 10.1. The van der Waals surface area contributed by atoms with E-state index >= 15 is 0 Å². The van der Waals surface area contributed by atoms with Gasteiger partial charge in [-0.05, 0) is 18.2 Å². The van der Waals surface area contributed by atoms with Crippen molar-refractivity contribution >= 4 is 16.9 Å². The number of halogens is 3. The highest BCUT2D eigenvalue weighted by molar-refractivity contribution is 5.81. The van der Waals surface area contributed by atoms with E-state index in [9.17, 15) is 18.0 Å². The molecule has 0 aliphatic carbocycles. The molecule has 2 rings (SSSR count). The number of carboxylic acids is 1. The summed E-state index contributed by atoms with van der Waals surface area (Å²) in [7, 11) is 0. The molecule has 4 nitrogen and oxygen atoms in total. The summed E-state index contributed by atoms with van der Waals surface area (Å²) in [4.78, 5) is 10.4. The number of benzene rings is 1. The minimum Gasteiger partial charge on any atom is -0.481 e. The summed E-state index contributed by atoms with van der Waals surface area (Å²) in [6.07, 6.45) is -4.66. The molecule has 7 heteroatoms. The topological polar surface area (TPSA) is 63.3 Å². The first-order valence-electron chi connectivity index (χ1n) is 5.05. The van der Waals surface area contributed by atoms with Crippen LogP contribution in [-0.4, -0.2) is 16.2 Å². The van der Waals surface area contributed by atoms with Crippen LogP contribution in [0.15, 0.2) is 22.7 Å². The van der Waals surface area contributed by atoms with E-state index in [1.165, 1.54) is 6.07 Å². The number of aliphatic carboxylic acids is 1. The number of hydrogen-bond donors (Lipinski definition) is 1. The molecule has 2 aromatic rings. The minimum absolute atomic E-state index is 0.00709. The number of carbonyl (C=O) groups is 1. The first-order valence-corrected chi connectivity index (χ1v) is 5.05. The molecule has 0 fully saturated rings. The monoisotopic (exact) mass is 259 g/mol. The molecule has 0 spiro atoms. The molecule has 96 valence electrons. The van der Waals surface area contributed by atoms with Gasteiger partial charge in [0.1, 0.15) is 11.3 Å². The zero-order valence-corrected chi connectivity index (χ0v) is 8.99. The standard InChI is InChI=1S/C11H8F3NO3/c12-11(13,14)6-1-2-8-7(5-6)9(18-15-8)3-4-10(16)17/h1-2,5H,3-4H2,(H,16,17). The Bertz CT molecular complexity index is 589. The van der Waals surface area contributed by atoms with Gasteiger partial charge in [-0.15, -0.1) is 0 Å². The van der Waals surface area contributed by atoms with Gasteiger partial charge < -0.3 is 9.63 Å². The highest BCUT2D eigenvalue weighted by atomic mass is 19.4. The second-order valence-electron chi connectivity index (χ2n) is 3.73. The van der Waals surface area contributed by atoms with Crippen LogP contribution >= 0.6 is 0 Å². The summed E-state index contributed by atoms with van der Waals surface area (Å²) in [5.74, 6) is -0.898. The van der Waals surface area contributed by atoms with Crippen LogP contribution in [-0.2, 0) is 17.4 Å². The quantitative estimate of drug-likeness (QED) is 0.920. The maximum atomic E-state index is 12.5. The van der Waals surface area contributed by atoms with Gasteiger partial charge in [0.15, 0.2) is 0 Å². The number of fused-ring (bicyclic) bond motifs is 1. The zero-order valence-electron chi connectivity index (χ0n) is 8.99. The van der Waals surface area contributed by atoms with E-state index in [0.717, 1.165) is 12.1 Å². The first-order chi connectivity index (χ1) is 8.38. The van der Waals surface area contributed by atoms with E-state index in [1.54, 1.807) is 0 Å². The van der Waals surface area contributed by atoms with Crippen molar-refractivity contribution in [1.82, 2.24) is 5.16 Å². The largest absolute Gasteiger partial charge is 0.481 e. The lowest BCUT2D eigenvalue weighted by Gasteiger charge is -2.05. The third kappa shape index (κ3) is 2.44. The van der Waals surface area contributed by atoms with Crippen LogP contribution < -0.4 is 0 Å². The van der Waals surface area contributed by atoms with E-state index in [0.29, 0.717) is 0 Å². The van der Waals surface area contributed by atoms with Gasteiger partial charge in [0.05, 0.1) is 12.0 Å². The van der Waals surface area contributed by atoms with Crippen LogP contribution in [0.2, 0.25) is 0 Å². The molecule has 0 atom stereocenters. The molecule has 1 aromatic carbocycles. The van der Waals surface area contributed by atoms with E-state index < -0.39 is 17.7 Å². The Balaban J connectivity index is 2.40. The maximum absolute atomic E-state index is 12.5. The Morgan fingerprint density at radius 3 is 2.72 bits per heavy atom. The summed E-state index contributed by atoms with van der Waals surface area (Å²) in [5, 5.41) is 12.3. The van der Waals surface area contributed by atoms with Crippen LogP contribution in [0.1, 0.15) is 17.7 Å². The summed E-state index contributed by atoms with van der Waals surface area (Å²) in [6.45, 7) is 0. The molecule has 0 amide bonds. The van der Waals surface area contributed by atoms with Gasteiger partial charge in [0.2, 0.25) is 0 Å². The first kappa shape index (κ1) is 12.4. The van der Waals surface area contributed by atoms with Crippen molar-refractivity contribution in [3.8, 4) is 0 Å². The number of carboxylic acid groups (broad SMARTS) is 1. The summed E-state index contributed by atoms with van der Waals surface area (Å²) in [5.41, 5.74) is -0.529. The van der Waals surface area contributed by atoms with Gasteiger partial charge in [-0.2, -0.15) is 13.2 Å². The molecule has 0 saturated carbocycles. The molecule has 0 bridgehead atoms. The fourth-order valence-corrected chi connectivity index (χ4v) is 1.57. The van der Waals surface area contributed by atoms with Crippen molar-refractivity contribution in [2.24, 2.45) is 0 Å². The Labute approximate surface area is 99.0 Å². The smallest absolute Gasteiger partial charge is 0.416 e. The van der Waals surface area contributed by atoms with Gasteiger partial charge in [-0.3, -0.25) is 4.79 Å². The molecule has 1 N–H and O–H groups in total. The Morgan fingerprint density at radius 1 is 1.39 bits per heavy atom. The lowest BCUT2D eigenvalue weighted by molar-refractivity contribution is -0.138. The molecule has 0 aliphatic heterocycles. The maximum Gasteiger partial charge on any atom is 0.416 e. The van der Waals surface area contributed by atoms with Crippen molar-refractivity contribution in [2.75, 3.05) is 0 Å². The minimum atomic E-state index is -4.45. The Hall–Kier alpha value is -2.05. The molecule has 0 aliphatic rings. The van der Waals surface area contributed by atoms with Gasteiger partial charge in [-0.1, -0.05) is 5.16 Å². The fraction of sp³-hybridized carbons (Fsp3) is 0.273. The number of hydrogen-bond acceptors (Lipinski definition) is 3. The van der Waals surface area contributed by atoms with Crippen LogP contribution in [0.5, 0.6) is 0 Å². The second kappa shape index (κ2) is 4.32. The Kier molecular flexibility index (Phi) is 2.98. The summed E-state index contributed by atoms with van der Waals surface area (Å²) >= 11 is 0. The fourth-order valence-electron chi connectivity index (χ4n) is 1.57. The van der Waals surface area contributed by atoms with Crippen molar-refractivity contribution < 1.29 is 27.6 Å². The average Bonchev–Trinajstić information content (AvgIpc) is 2.67. The summed E-state index contributed by atoms with van der Waals surface area (Å²) < 4.78 is 42.4. The number of aromatic nitrogens is 1. The Morgan fingerprint density at radius 2 is 2.11 bits per heavy atom. The van der Waals surface area contributed by atoms with Gasteiger partial charge in [0.25, 0.3) is 0 Å². The zero-order chi connectivity index (χ0) is 13.3. The van der Waals surface area contributed by atoms with Crippen LogP contribution in [0.3, 0.4) is 0 Å². The number of alkyl halides is 3. The van der Waals surface area contributed by atoms with E-state index in [1.807, 2.05) is 0 Å². The van der Waals surface area contributed by atoms with Crippen molar-refractivity contribution in [3.63, 3.8) is 0 Å². The normalized spacial score (nSPS) is 11.9. The average molecular weight is 259 g/mol. The van der Waals surface area contributed by atoms with E-state index in [2.05, 4.69) is 5.16 Å². The number of nitrogens with zero attached hydrogens (tertiary/aromatic N) is 1. The van der Waals surface area contributed by atoms with Gasteiger partial charge in [-0.25, -0.2) is 0 Å². The lowest BCUT2D eigenvalue weighted by Crippen LogP contribution is -2.04. The van der Waals surface area contributed by atoms with Crippen molar-refractivity contribution in [1.29, 1.82) is 0 Å². The molecule has 0 radical (unpaired) electrons. The van der Waals surface area contributed by atoms with Gasteiger partial charge >= 0.3 is 12.1 Å². The highest BCUT2D eigenvalue weighted by Crippen LogP contribution is 2.32. The predicted molar refractivity (Wildman–Crippen MR) is 55.0 cm³/mol. The molecular weight excluding hydrogens is 251 g/mol. The SMILES string of the molecule is O=C(O)CCc1onc2ccc(C(F)(F)F)cc12. The second-order valence-corrected chi connectivity index (χ2v) is 3.73. The molecule has 1 heterocycles. The number of aryl methyl sites for hydroxylation is 1. The van der Waals surface area contributed by atoms with Gasteiger partial charge in [0, 0.05) is 11.8 Å². The van der Waals surface area contributed by atoms with E-state index in [-0.39, 0.29) is 29.5 Å². The molecule has 1 aromatic heterocycles. The third-order valence-corrected chi connectivity index (χ3v) is 2.44. The van der Waals surface area contributed by atoms with Crippen LogP contribution in [0, 0.1) is 0 Å². The van der Waals surface area contributed by atoms with Crippen LogP contribution in [0.4, 0.5) is 13.2 Å². The molecule has 18 heavy (non-hydrogen) atoms. The molecule has 0 unspecified atom stereocenters. The molecule has 0 saturated heterocycles. The van der Waals surface area contributed by atoms with Crippen LogP contribution in [0.25, 0.3) is 10.9 Å². The highest BCUT2D eigenvalue weighted by Gasteiger charge is 2.31. The summed E-state index contributed by atoms with van der Waals surface area (Å²) in [6, 6.07) is 3.03. The van der Waals surface area contributed by atoms with Crippen molar-refractivity contribution in [3.05, 3.63) is 29.5 Å². The van der Waals surface area contributed by atoms with Crippen molar-refractivity contribution in [2.45, 2.75) is 19.0 Å². The third-order valence-electron chi connectivity index (χ3n) is 2.44.